The molecular weight excluding hydrogens is 224 g/mol. The minimum atomic E-state index is 1.21. The Balaban J connectivity index is 2.40. The summed E-state index contributed by atoms with van der Waals surface area (Å²) in [5.74, 6) is 0. The highest BCUT2D eigenvalue weighted by molar-refractivity contribution is 9.11. The van der Waals surface area contributed by atoms with Gasteiger partial charge in [0.25, 0.3) is 0 Å². The van der Waals surface area contributed by atoms with Crippen LogP contribution in [0.3, 0.4) is 0 Å². The van der Waals surface area contributed by atoms with Crippen LogP contribution in [-0.4, -0.2) is 0 Å². The van der Waals surface area contributed by atoms with Crippen molar-refractivity contribution >= 4 is 21.5 Å². The zero-order valence-corrected chi connectivity index (χ0v) is 9.39. The molecule has 0 saturated carbocycles. The molecule has 68 valence electrons. The SMILES string of the molecule is Cc1cccc(C2=C(Br)CCC2)c1. The van der Waals surface area contributed by atoms with Crippen LogP contribution in [0.4, 0.5) is 0 Å². The van der Waals surface area contributed by atoms with Gasteiger partial charge in [0.15, 0.2) is 0 Å². The maximum atomic E-state index is 3.65. The molecule has 0 unspecified atom stereocenters. The van der Waals surface area contributed by atoms with Crippen LogP contribution in [0.5, 0.6) is 0 Å². The molecule has 1 aromatic rings. The zero-order chi connectivity index (χ0) is 9.26. The first-order valence-electron chi connectivity index (χ1n) is 4.72. The highest BCUT2D eigenvalue weighted by atomic mass is 79.9. The lowest BCUT2D eigenvalue weighted by Crippen LogP contribution is -1.82. The molecule has 0 aliphatic heterocycles. The van der Waals surface area contributed by atoms with Gasteiger partial charge in [-0.2, -0.15) is 0 Å². The predicted octanol–water partition coefficient (Wildman–Crippen LogP) is 4.28. The molecule has 0 spiro atoms. The first kappa shape index (κ1) is 9.01. The topological polar surface area (TPSA) is 0 Å². The lowest BCUT2D eigenvalue weighted by Gasteiger charge is -2.03. The minimum Gasteiger partial charge on any atom is -0.0614 e. The average Bonchev–Trinajstić information content (AvgIpc) is 2.51. The number of benzene rings is 1. The van der Waals surface area contributed by atoms with Gasteiger partial charge < -0.3 is 0 Å². The number of allylic oxidation sites excluding steroid dienone is 2. The van der Waals surface area contributed by atoms with E-state index in [9.17, 15) is 0 Å². The molecule has 0 bridgehead atoms. The number of rotatable bonds is 1. The predicted molar refractivity (Wildman–Crippen MR) is 60.9 cm³/mol. The third-order valence-electron chi connectivity index (χ3n) is 2.52. The van der Waals surface area contributed by atoms with E-state index in [0.717, 1.165) is 0 Å². The Hall–Kier alpha value is -0.560. The van der Waals surface area contributed by atoms with Gasteiger partial charge in [0, 0.05) is 0 Å². The van der Waals surface area contributed by atoms with Crippen LogP contribution in [0.25, 0.3) is 5.57 Å². The molecule has 0 amide bonds. The van der Waals surface area contributed by atoms with Gasteiger partial charge in [-0.05, 0) is 41.8 Å². The molecular formula is C12H13Br. The third kappa shape index (κ3) is 1.86. The van der Waals surface area contributed by atoms with E-state index >= 15 is 0 Å². The fourth-order valence-corrected chi connectivity index (χ4v) is 2.55. The highest BCUT2D eigenvalue weighted by Crippen LogP contribution is 2.37. The molecule has 0 aromatic heterocycles. The van der Waals surface area contributed by atoms with E-state index in [1.165, 1.54) is 40.4 Å². The van der Waals surface area contributed by atoms with Crippen LogP contribution >= 0.6 is 15.9 Å². The van der Waals surface area contributed by atoms with E-state index < -0.39 is 0 Å². The first-order chi connectivity index (χ1) is 6.27. The van der Waals surface area contributed by atoms with Crippen LogP contribution in [0.2, 0.25) is 0 Å². The second-order valence-corrected chi connectivity index (χ2v) is 4.56. The Morgan fingerprint density at radius 3 is 2.69 bits per heavy atom. The van der Waals surface area contributed by atoms with E-state index in [0.29, 0.717) is 0 Å². The molecule has 0 heterocycles. The van der Waals surface area contributed by atoms with E-state index in [4.69, 9.17) is 0 Å². The summed E-state index contributed by atoms with van der Waals surface area (Å²) in [5, 5.41) is 0. The molecule has 13 heavy (non-hydrogen) atoms. The van der Waals surface area contributed by atoms with Crippen molar-refractivity contribution in [3.8, 4) is 0 Å². The highest BCUT2D eigenvalue weighted by Gasteiger charge is 2.13. The lowest BCUT2D eigenvalue weighted by atomic mass is 10.0. The van der Waals surface area contributed by atoms with Crippen LogP contribution in [-0.2, 0) is 0 Å². The van der Waals surface area contributed by atoms with Gasteiger partial charge in [-0.3, -0.25) is 0 Å². The molecule has 2 rings (SSSR count). The van der Waals surface area contributed by atoms with Gasteiger partial charge in [0.1, 0.15) is 0 Å². The van der Waals surface area contributed by atoms with Gasteiger partial charge >= 0.3 is 0 Å². The van der Waals surface area contributed by atoms with E-state index in [2.05, 4.69) is 47.1 Å². The summed E-state index contributed by atoms with van der Waals surface area (Å²) in [4.78, 5) is 0. The molecule has 0 atom stereocenters. The number of hydrogen-bond donors (Lipinski definition) is 0. The summed E-state index contributed by atoms with van der Waals surface area (Å²) in [6.07, 6.45) is 3.73. The van der Waals surface area contributed by atoms with Crippen molar-refractivity contribution < 1.29 is 0 Å². The first-order valence-corrected chi connectivity index (χ1v) is 5.51. The van der Waals surface area contributed by atoms with Crippen LogP contribution < -0.4 is 0 Å². The summed E-state index contributed by atoms with van der Waals surface area (Å²) >= 11 is 3.65. The van der Waals surface area contributed by atoms with Gasteiger partial charge in [-0.1, -0.05) is 45.8 Å². The van der Waals surface area contributed by atoms with E-state index in [-0.39, 0.29) is 0 Å². The van der Waals surface area contributed by atoms with Gasteiger partial charge in [0.2, 0.25) is 0 Å². The molecule has 0 radical (unpaired) electrons. The van der Waals surface area contributed by atoms with Crippen molar-refractivity contribution in [3.05, 3.63) is 39.9 Å². The number of aryl methyl sites for hydroxylation is 1. The fourth-order valence-electron chi connectivity index (χ4n) is 1.84. The van der Waals surface area contributed by atoms with Crippen molar-refractivity contribution in [1.29, 1.82) is 0 Å². The summed E-state index contributed by atoms with van der Waals surface area (Å²) < 4.78 is 1.40. The van der Waals surface area contributed by atoms with Crippen LogP contribution in [0.1, 0.15) is 30.4 Å². The third-order valence-corrected chi connectivity index (χ3v) is 3.39. The molecule has 1 aliphatic carbocycles. The van der Waals surface area contributed by atoms with E-state index in [1.54, 1.807) is 0 Å². The summed E-state index contributed by atoms with van der Waals surface area (Å²) in [7, 11) is 0. The van der Waals surface area contributed by atoms with Crippen molar-refractivity contribution in [1.82, 2.24) is 0 Å². The monoisotopic (exact) mass is 236 g/mol. The Morgan fingerprint density at radius 1 is 1.23 bits per heavy atom. The normalized spacial score (nSPS) is 16.8. The van der Waals surface area contributed by atoms with Crippen molar-refractivity contribution in [2.75, 3.05) is 0 Å². The van der Waals surface area contributed by atoms with Gasteiger partial charge in [0.05, 0.1) is 0 Å². The lowest BCUT2D eigenvalue weighted by molar-refractivity contribution is 0.931. The maximum absolute atomic E-state index is 3.65. The van der Waals surface area contributed by atoms with Gasteiger partial charge in [-0.15, -0.1) is 0 Å². The summed E-state index contributed by atoms with van der Waals surface area (Å²) in [5.41, 5.74) is 4.24. The Bertz CT molecular complexity index is 350. The largest absolute Gasteiger partial charge is 0.0614 e. The minimum absolute atomic E-state index is 1.21. The molecule has 1 aliphatic rings. The number of halogens is 1. The molecule has 1 aromatic carbocycles. The second-order valence-electron chi connectivity index (χ2n) is 3.61. The van der Waals surface area contributed by atoms with Crippen molar-refractivity contribution in [3.63, 3.8) is 0 Å². The maximum Gasteiger partial charge on any atom is -0.00113 e. The fraction of sp³-hybridized carbons (Fsp3) is 0.333. The molecule has 0 N–H and O–H groups in total. The van der Waals surface area contributed by atoms with Crippen LogP contribution in [0.15, 0.2) is 28.7 Å². The molecule has 1 heteroatoms. The Labute approximate surface area is 87.8 Å². The van der Waals surface area contributed by atoms with Crippen molar-refractivity contribution in [2.45, 2.75) is 26.2 Å². The molecule has 0 nitrogen and oxygen atoms in total. The number of hydrogen-bond acceptors (Lipinski definition) is 0. The van der Waals surface area contributed by atoms with Gasteiger partial charge in [-0.25, -0.2) is 0 Å². The molecule has 0 fully saturated rings. The van der Waals surface area contributed by atoms with Crippen molar-refractivity contribution in [2.24, 2.45) is 0 Å². The quantitative estimate of drug-likeness (QED) is 0.683. The standard InChI is InChI=1S/C12H13Br/c1-9-4-2-5-10(8-9)11-6-3-7-12(11)13/h2,4-5,8H,3,6-7H2,1H3. The summed E-state index contributed by atoms with van der Waals surface area (Å²) in [6, 6.07) is 8.75. The van der Waals surface area contributed by atoms with E-state index in [1.807, 2.05) is 0 Å². The average molecular weight is 237 g/mol. The summed E-state index contributed by atoms with van der Waals surface area (Å²) in [6.45, 7) is 2.15. The Morgan fingerprint density at radius 2 is 2.08 bits per heavy atom. The zero-order valence-electron chi connectivity index (χ0n) is 7.81. The smallest absolute Gasteiger partial charge is 0.00113 e. The Kier molecular flexibility index (Phi) is 2.54. The second kappa shape index (κ2) is 3.67. The molecule has 0 saturated heterocycles. The van der Waals surface area contributed by atoms with Crippen LogP contribution in [0, 0.1) is 6.92 Å².